The summed E-state index contributed by atoms with van der Waals surface area (Å²) in [7, 11) is 0. The zero-order chi connectivity index (χ0) is 102. The van der Waals surface area contributed by atoms with E-state index in [1.54, 1.807) is 136 Å². The maximum Gasteiger partial charge on any atom is 0.350 e. The van der Waals surface area contributed by atoms with Crippen molar-refractivity contribution in [2.24, 2.45) is 0 Å². The first-order valence-corrected chi connectivity index (χ1v) is 51.4. The van der Waals surface area contributed by atoms with Gasteiger partial charge in [0, 0.05) is 183 Å². The number of thiol groups is 1. The van der Waals surface area contributed by atoms with Crippen molar-refractivity contribution in [2.75, 3.05) is 43.6 Å². The standard InChI is InChI=1S/C14H9BrN2S.C14H10BrNO2S.C14H12N2O2S.C12H8BrNOS.C12H6BrNOS.C10H5BrN2.C10H7N3.C9H6N2O2.C5H7NO2.C4H8O2S.CH4/c1-8(7-16)14-13(15)12-9-3-2-6-17-10(9)4-5-11(12)18-14;2*1-2-18-14(17)13-12(15)11-8-4-3-7-16-9(8)5-6-10(11)19-13;2*13-12-10(6-15)16-9-4-3-8-7(11(9)12)2-1-5-14-8;11-9-3-4-10-7(8(9)6-12)2-1-5-13-10;11-6-8-7-2-1-5-13-10(7)4-3-9(8)12;12-11(13)8-3-4-9-7(6-8)2-1-5-10-9;1-2-8-5(7)3-4-6;1-2-6-4(5)3-7;/h2-6,8H,1H3;3-7H,2H2,1H3;3-7H,2,15H2,1H3;1-5,15H,6H2;1-6H;1-5H;1-5H,12H2;1-6H;2-3H2,1H3;7H,2-3H2,1H3;1H4. The smallest absolute Gasteiger partial charge is 0.350 e. The average molecular weight is 2340 g/mol. The molecule has 0 aliphatic rings. The number of nitrogens with two attached hydrogens (primary N) is 2. The number of halogens is 5. The molecule has 8 aromatic carbocycles. The number of benzene rings is 8. The molecule has 143 heavy (non-hydrogen) atoms. The lowest BCUT2D eigenvalue weighted by Crippen LogP contribution is -2.04. The van der Waals surface area contributed by atoms with Crippen molar-refractivity contribution in [1.82, 2.24) is 39.9 Å². The second kappa shape index (κ2) is 53.2. The van der Waals surface area contributed by atoms with Crippen molar-refractivity contribution < 1.29 is 52.9 Å². The number of anilines is 2. The number of nitro groups is 1. The number of nitrogen functional groups attached to an aromatic ring is 2. The number of fused-ring (bicyclic) bond motifs is 18. The number of carbonyl (C=O) groups is 5. The van der Waals surface area contributed by atoms with Crippen LogP contribution in [0.25, 0.3) is 138 Å². The molecule has 0 bridgehead atoms. The van der Waals surface area contributed by atoms with Crippen molar-refractivity contribution in [3.05, 3.63) is 318 Å². The fourth-order valence-electron chi connectivity index (χ4n) is 14.1. The van der Waals surface area contributed by atoms with Gasteiger partial charge in [-0.3, -0.25) is 64.4 Å². The van der Waals surface area contributed by atoms with Crippen LogP contribution in [0.5, 0.6) is 0 Å². The number of esters is 4. The minimum absolute atomic E-state index is 0. The van der Waals surface area contributed by atoms with E-state index >= 15 is 0 Å². The molecular formula is C105H82Br5N15O12S6. The highest BCUT2D eigenvalue weighted by Crippen LogP contribution is 2.46. The average Bonchev–Trinajstić information content (AvgIpc) is 1.02. The van der Waals surface area contributed by atoms with E-state index in [0.717, 1.165) is 166 Å². The van der Waals surface area contributed by atoms with E-state index in [-0.39, 0.29) is 55.7 Å². The Morgan fingerprint density at radius 3 is 1.27 bits per heavy atom. The molecule has 720 valence electrons. The molecule has 5 N–H and O–H groups in total. The predicted molar refractivity (Wildman–Crippen MR) is 596 cm³/mol. The number of aliphatic hydroxyl groups excluding tert-OH is 1. The third-order valence-electron chi connectivity index (χ3n) is 20.4. The van der Waals surface area contributed by atoms with Crippen molar-refractivity contribution in [1.29, 1.82) is 21.0 Å². The molecule has 27 nitrogen and oxygen atoms in total. The topological polar surface area (TPSA) is 436 Å². The number of hydrogen-bond donors (Lipinski definition) is 4. The van der Waals surface area contributed by atoms with Crippen molar-refractivity contribution in [2.45, 2.75) is 61.0 Å². The molecule has 0 aliphatic heterocycles. The third-order valence-corrected chi connectivity index (χ3v) is 31.5. The lowest BCUT2D eigenvalue weighted by atomic mass is 10.1. The van der Waals surface area contributed by atoms with Crippen LogP contribution in [-0.4, -0.2) is 112 Å². The number of aliphatic hydroxyl groups is 1. The van der Waals surface area contributed by atoms with E-state index in [2.05, 4.69) is 184 Å². The SMILES string of the molecule is C.CC(C#N)c1sc2ccc3ncccc3c2c1Br.CCOC(=O)CC#N.CCOC(=O)CS.CCOC(=O)c1sc2ccc3ncccc3c2c1Br.CCOC(=O)c1sc2ccc3ncccc3c2c1N.N#Cc1c(Br)ccc2ncccc12.N#Cc1c(N)ccc2ncccc12.O=Cc1sc2ccc3ncccc3c2c1Br.O=[N+]([O-])c1ccc2ncccc2c1.OCc1sc2ccc3ncccc3c2c1Br. The van der Waals surface area contributed by atoms with Crippen molar-refractivity contribution in [3.63, 3.8) is 0 Å². The number of hydrogen-bond acceptors (Lipinski definition) is 32. The number of aromatic nitrogens is 8. The summed E-state index contributed by atoms with van der Waals surface area (Å²) >= 11 is 28.8. The Morgan fingerprint density at radius 2 is 0.825 bits per heavy atom. The van der Waals surface area contributed by atoms with Crippen LogP contribution in [0.4, 0.5) is 17.1 Å². The van der Waals surface area contributed by atoms with Crippen LogP contribution in [0.3, 0.4) is 0 Å². The number of nitro benzene ring substituents is 1. The van der Waals surface area contributed by atoms with E-state index in [1.165, 1.54) is 60.9 Å². The molecule has 0 saturated carbocycles. The Hall–Kier alpha value is -13.9. The summed E-state index contributed by atoms with van der Waals surface area (Å²) in [5.41, 5.74) is 21.1. The molecule has 1 atom stereocenters. The Balaban J connectivity index is 0.000000153. The molecule has 0 spiro atoms. The second-order valence-corrected chi connectivity index (χ2v) is 38.9. The summed E-state index contributed by atoms with van der Waals surface area (Å²) in [6.07, 6.45) is 14.7. The molecule has 21 rings (SSSR count). The number of nitrogens with zero attached hydrogens (tertiary/aromatic N) is 13. The summed E-state index contributed by atoms with van der Waals surface area (Å²) in [5.74, 6) is -1.27. The zero-order valence-electron chi connectivity index (χ0n) is 75.6. The molecule has 21 aromatic rings. The maximum absolute atomic E-state index is 11.9. The number of ether oxygens (including phenoxy) is 4. The van der Waals surface area contributed by atoms with E-state index in [4.69, 9.17) is 42.0 Å². The molecule has 0 amide bonds. The molecule has 0 fully saturated rings. The maximum atomic E-state index is 11.9. The van der Waals surface area contributed by atoms with Crippen LogP contribution in [0.15, 0.2) is 272 Å². The van der Waals surface area contributed by atoms with E-state index in [9.17, 15) is 39.2 Å². The number of rotatable bonds is 12. The Kier molecular flexibility index (Phi) is 40.7. The van der Waals surface area contributed by atoms with Crippen LogP contribution < -0.4 is 11.5 Å². The van der Waals surface area contributed by atoms with Gasteiger partial charge in [0.1, 0.15) is 28.3 Å². The van der Waals surface area contributed by atoms with Crippen molar-refractivity contribution in [3.8, 4) is 24.3 Å². The van der Waals surface area contributed by atoms with E-state index < -0.39 is 10.9 Å². The highest BCUT2D eigenvalue weighted by Gasteiger charge is 2.24. The van der Waals surface area contributed by atoms with Gasteiger partial charge in [-0.25, -0.2) is 9.59 Å². The van der Waals surface area contributed by atoms with Crippen LogP contribution in [0.1, 0.15) is 104 Å². The summed E-state index contributed by atoms with van der Waals surface area (Å²) in [5, 5.41) is 67.6. The van der Waals surface area contributed by atoms with E-state index in [1.807, 2.05) is 140 Å². The number of carbonyl (C=O) groups excluding carboxylic acids is 5. The summed E-state index contributed by atoms with van der Waals surface area (Å²) in [6, 6.07) is 70.6. The van der Waals surface area contributed by atoms with Gasteiger partial charge in [0.15, 0.2) is 6.29 Å². The van der Waals surface area contributed by atoms with Gasteiger partial charge in [-0.05, 0) is 266 Å². The fraction of sp³-hybridized carbons (Fsp3) is 0.133. The van der Waals surface area contributed by atoms with Gasteiger partial charge in [0.2, 0.25) is 0 Å². The Morgan fingerprint density at radius 1 is 0.455 bits per heavy atom. The number of aldehydes is 1. The molecule has 38 heteroatoms. The molecular weight excluding hydrogens is 2260 g/mol. The van der Waals surface area contributed by atoms with Gasteiger partial charge in [-0.1, -0.05) is 43.8 Å². The van der Waals surface area contributed by atoms with Gasteiger partial charge in [0.05, 0.1) is 138 Å². The summed E-state index contributed by atoms with van der Waals surface area (Å²) in [6.45, 7) is 10.6. The Bertz CT molecular complexity index is 8250. The van der Waals surface area contributed by atoms with E-state index in [0.29, 0.717) is 58.7 Å². The minimum atomic E-state index is -0.449. The van der Waals surface area contributed by atoms with Gasteiger partial charge in [-0.2, -0.15) is 33.7 Å². The molecule has 13 heterocycles. The third kappa shape index (κ3) is 26.5. The number of non-ortho nitro benzene ring substituents is 1. The van der Waals surface area contributed by atoms with Gasteiger partial charge >= 0.3 is 23.9 Å². The van der Waals surface area contributed by atoms with Crippen LogP contribution >= 0.6 is 149 Å². The summed E-state index contributed by atoms with van der Waals surface area (Å²) in [4.78, 5) is 103. The number of nitriles is 4. The normalized spacial score (nSPS) is 10.6. The van der Waals surface area contributed by atoms with Gasteiger partial charge < -0.3 is 35.5 Å². The quantitative estimate of drug-likeness (QED) is 0.0168. The lowest BCUT2D eigenvalue weighted by molar-refractivity contribution is -0.384. The first kappa shape index (κ1) is 109. The highest BCUT2D eigenvalue weighted by molar-refractivity contribution is 9.11. The molecule has 0 saturated heterocycles. The van der Waals surface area contributed by atoms with Crippen LogP contribution in [-0.2, 0) is 35.1 Å². The largest absolute Gasteiger partial charge is 0.465 e. The molecule has 13 aromatic heterocycles. The summed E-state index contributed by atoms with van der Waals surface area (Å²) < 4.78 is 29.0. The minimum Gasteiger partial charge on any atom is -0.465 e. The zero-order valence-corrected chi connectivity index (χ0v) is 88.5. The predicted octanol–water partition coefficient (Wildman–Crippen LogP) is 28.4. The monoisotopic (exact) mass is 2330 g/mol. The lowest BCUT2D eigenvalue weighted by Gasteiger charge is -2.01. The second-order valence-electron chi connectivity index (χ2n) is 29.2. The van der Waals surface area contributed by atoms with Gasteiger partial charge in [-0.15, -0.1) is 56.7 Å². The first-order chi connectivity index (χ1) is 68.8. The van der Waals surface area contributed by atoms with Crippen LogP contribution in [0, 0.1) is 55.4 Å². The first-order valence-electron chi connectivity index (χ1n) is 42.7. The highest BCUT2D eigenvalue weighted by atomic mass is 79.9. The number of thiophene rings is 5. The molecule has 0 aliphatic carbocycles. The molecule has 0 radical (unpaired) electrons. The van der Waals surface area contributed by atoms with Crippen LogP contribution in [0.2, 0.25) is 0 Å². The fourth-order valence-corrected chi connectivity index (χ4v) is 23.6. The van der Waals surface area contributed by atoms with Crippen molar-refractivity contribution >= 4 is 334 Å². The van der Waals surface area contributed by atoms with Gasteiger partial charge in [0.25, 0.3) is 5.69 Å². The Labute approximate surface area is 886 Å². The molecule has 1 unspecified atom stereocenters. The number of pyridine rings is 8.